The van der Waals surface area contributed by atoms with Crippen LogP contribution in [0.2, 0.25) is 0 Å². The Hall–Kier alpha value is -2.87. The molecule has 0 fully saturated rings. The van der Waals surface area contributed by atoms with Gasteiger partial charge in [0.25, 0.3) is 11.4 Å². The standard InChI is InChI=1S/C24H35FN3O10P/c1-16(21(32)35-14-23(3,4)5)27-39(34,38-18-9-7-6-8-10-18)36-15-24(25,17(2)30)37-20(13-29)28-12-11-19(31)26-22(28)33/h6-12,16-17,20,29-30H,13-15H2,1-5H3,(H,27,34)(H,26,31,33)/t16?,17-,20+,24+,39?/m0/s1. The number of para-hydroxylation sites is 1. The van der Waals surface area contributed by atoms with Gasteiger partial charge in [-0.25, -0.2) is 13.8 Å². The zero-order chi connectivity index (χ0) is 29.4. The van der Waals surface area contributed by atoms with Crippen molar-refractivity contribution in [3.05, 3.63) is 63.4 Å². The van der Waals surface area contributed by atoms with Crippen LogP contribution >= 0.6 is 7.75 Å². The summed E-state index contributed by atoms with van der Waals surface area (Å²) in [5.41, 5.74) is -2.09. The van der Waals surface area contributed by atoms with Gasteiger partial charge in [0, 0.05) is 12.3 Å². The number of aromatic amines is 1. The van der Waals surface area contributed by atoms with Crippen molar-refractivity contribution in [2.45, 2.75) is 58.8 Å². The first-order chi connectivity index (χ1) is 18.1. The Morgan fingerprint density at radius 3 is 2.33 bits per heavy atom. The molecule has 0 spiro atoms. The van der Waals surface area contributed by atoms with E-state index >= 15 is 4.39 Å². The molecule has 0 saturated heterocycles. The van der Waals surface area contributed by atoms with E-state index < -0.39 is 62.4 Å². The van der Waals surface area contributed by atoms with Crippen molar-refractivity contribution in [1.29, 1.82) is 0 Å². The molecule has 1 heterocycles. The van der Waals surface area contributed by atoms with Crippen molar-refractivity contribution in [3.8, 4) is 5.75 Å². The van der Waals surface area contributed by atoms with Crippen LogP contribution in [0.5, 0.6) is 5.75 Å². The smallest absolute Gasteiger partial charge is 0.459 e. The summed E-state index contributed by atoms with van der Waals surface area (Å²) in [6.45, 7) is 5.77. The van der Waals surface area contributed by atoms with Crippen LogP contribution in [0.25, 0.3) is 0 Å². The van der Waals surface area contributed by atoms with Gasteiger partial charge >= 0.3 is 19.4 Å². The maximum absolute atomic E-state index is 15.9. The molecule has 0 amide bonds. The third-order valence-corrected chi connectivity index (χ3v) is 6.65. The molecule has 0 saturated carbocycles. The number of hydrogen-bond donors (Lipinski definition) is 4. The number of benzene rings is 1. The molecule has 39 heavy (non-hydrogen) atoms. The van der Waals surface area contributed by atoms with Gasteiger partial charge in [-0.05, 0) is 31.4 Å². The number of hydrogen-bond acceptors (Lipinski definition) is 10. The Kier molecular flexibility index (Phi) is 11.2. The highest BCUT2D eigenvalue weighted by atomic mass is 31.2. The Morgan fingerprint density at radius 1 is 1.15 bits per heavy atom. The van der Waals surface area contributed by atoms with Crippen molar-refractivity contribution in [2.75, 3.05) is 19.8 Å². The minimum absolute atomic E-state index is 0.0547. The molecule has 1 aromatic carbocycles. The summed E-state index contributed by atoms with van der Waals surface area (Å²) in [6.07, 6.45) is -2.70. The second kappa shape index (κ2) is 13.5. The summed E-state index contributed by atoms with van der Waals surface area (Å²) >= 11 is 0. The first-order valence-corrected chi connectivity index (χ1v) is 13.5. The van der Waals surface area contributed by atoms with Gasteiger partial charge in [0.15, 0.2) is 6.23 Å². The number of aliphatic hydroxyl groups excluding tert-OH is 2. The van der Waals surface area contributed by atoms with E-state index in [-0.39, 0.29) is 17.8 Å². The number of halogens is 1. The monoisotopic (exact) mass is 575 g/mol. The van der Waals surface area contributed by atoms with Gasteiger partial charge in [-0.1, -0.05) is 39.0 Å². The molecule has 218 valence electrons. The first-order valence-electron chi connectivity index (χ1n) is 12.0. The lowest BCUT2D eigenvalue weighted by Gasteiger charge is -2.33. The van der Waals surface area contributed by atoms with Crippen LogP contribution in [0.4, 0.5) is 4.39 Å². The summed E-state index contributed by atoms with van der Waals surface area (Å²) in [7, 11) is -4.55. The molecule has 5 atom stereocenters. The number of nitrogens with zero attached hydrogens (tertiary/aromatic N) is 1. The van der Waals surface area contributed by atoms with Crippen LogP contribution in [0, 0.1) is 5.41 Å². The molecule has 13 nitrogen and oxygen atoms in total. The Bertz CT molecular complexity index is 1250. The molecule has 0 aliphatic carbocycles. The number of aliphatic hydroxyl groups is 2. The SMILES string of the molecule is CC(NP(=O)(OC[C@@](F)(O[C@H](CO)n1ccc(=O)[nH]c1=O)[C@H](C)O)Oc1ccccc1)C(=O)OCC(C)(C)C. The average Bonchev–Trinajstić information content (AvgIpc) is 2.85. The van der Waals surface area contributed by atoms with Gasteiger partial charge in [0.2, 0.25) is 0 Å². The number of ether oxygens (including phenoxy) is 2. The van der Waals surface area contributed by atoms with Crippen molar-refractivity contribution < 1.29 is 42.5 Å². The summed E-state index contributed by atoms with van der Waals surface area (Å²) in [6, 6.07) is 7.42. The quantitative estimate of drug-likeness (QED) is 0.191. The number of nitrogens with one attached hydrogen (secondary N) is 2. The third-order valence-electron chi connectivity index (χ3n) is 5.03. The Morgan fingerprint density at radius 2 is 1.79 bits per heavy atom. The predicted octanol–water partition coefficient (Wildman–Crippen LogP) is 1.86. The predicted molar refractivity (Wildman–Crippen MR) is 138 cm³/mol. The highest BCUT2D eigenvalue weighted by molar-refractivity contribution is 7.52. The Labute approximate surface area is 224 Å². The number of carbonyl (C=O) groups is 1. The Balaban J connectivity index is 2.29. The maximum atomic E-state index is 15.9. The number of rotatable bonds is 14. The van der Waals surface area contributed by atoms with Crippen molar-refractivity contribution in [1.82, 2.24) is 14.6 Å². The fourth-order valence-corrected chi connectivity index (χ4v) is 4.41. The highest BCUT2D eigenvalue weighted by Crippen LogP contribution is 2.46. The van der Waals surface area contributed by atoms with Crippen LogP contribution < -0.4 is 20.9 Å². The maximum Gasteiger partial charge on any atom is 0.459 e. The van der Waals surface area contributed by atoms with Gasteiger partial charge in [-0.3, -0.25) is 23.7 Å². The number of esters is 1. The summed E-state index contributed by atoms with van der Waals surface area (Å²) < 4.78 is 51.4. The molecule has 0 radical (unpaired) electrons. The molecular weight excluding hydrogens is 540 g/mol. The second-order valence-electron chi connectivity index (χ2n) is 9.93. The fraction of sp³-hybridized carbons (Fsp3) is 0.542. The number of carbonyl (C=O) groups excluding carboxylic acids is 1. The van der Waals surface area contributed by atoms with Gasteiger partial charge < -0.3 is 24.2 Å². The zero-order valence-corrected chi connectivity index (χ0v) is 23.2. The van der Waals surface area contributed by atoms with Gasteiger partial charge in [0.05, 0.1) is 13.2 Å². The van der Waals surface area contributed by atoms with Gasteiger partial charge in [0.1, 0.15) is 24.5 Å². The van der Waals surface area contributed by atoms with Crippen molar-refractivity contribution in [3.63, 3.8) is 0 Å². The topological polar surface area (TPSA) is 178 Å². The first kappa shape index (κ1) is 32.3. The normalized spacial score (nSPS) is 17.3. The highest BCUT2D eigenvalue weighted by Gasteiger charge is 2.44. The summed E-state index contributed by atoms with van der Waals surface area (Å²) in [5, 5.41) is 22.3. The van der Waals surface area contributed by atoms with Crippen LogP contribution in [-0.4, -0.2) is 63.6 Å². The van der Waals surface area contributed by atoms with Crippen LogP contribution in [-0.2, 0) is 23.4 Å². The van der Waals surface area contributed by atoms with Crippen molar-refractivity contribution >= 4 is 13.7 Å². The van der Waals surface area contributed by atoms with E-state index in [0.717, 1.165) is 19.2 Å². The molecule has 4 N–H and O–H groups in total. The van der Waals surface area contributed by atoms with E-state index in [2.05, 4.69) is 5.09 Å². The molecule has 0 bridgehead atoms. The van der Waals surface area contributed by atoms with E-state index in [1.165, 1.54) is 19.1 Å². The second-order valence-corrected chi connectivity index (χ2v) is 11.6. The van der Waals surface area contributed by atoms with E-state index in [9.17, 15) is 29.2 Å². The lowest BCUT2D eigenvalue weighted by molar-refractivity contribution is -0.264. The van der Waals surface area contributed by atoms with Crippen LogP contribution in [0.3, 0.4) is 0 Å². The minimum atomic E-state index is -4.55. The fourth-order valence-electron chi connectivity index (χ4n) is 2.90. The lowest BCUT2D eigenvalue weighted by Crippen LogP contribution is -2.48. The zero-order valence-electron chi connectivity index (χ0n) is 22.3. The minimum Gasteiger partial charge on any atom is -0.464 e. The van der Waals surface area contributed by atoms with Gasteiger partial charge in [-0.2, -0.15) is 5.09 Å². The molecule has 2 unspecified atom stereocenters. The summed E-state index contributed by atoms with van der Waals surface area (Å²) in [4.78, 5) is 37.9. The molecular formula is C24H35FN3O10P. The molecule has 2 rings (SSSR count). The van der Waals surface area contributed by atoms with E-state index in [1.54, 1.807) is 18.2 Å². The van der Waals surface area contributed by atoms with Crippen LogP contribution in [0.1, 0.15) is 40.8 Å². The van der Waals surface area contributed by atoms with E-state index in [1.807, 2.05) is 25.8 Å². The van der Waals surface area contributed by atoms with E-state index in [0.29, 0.717) is 4.57 Å². The third kappa shape index (κ3) is 9.99. The van der Waals surface area contributed by atoms with E-state index in [4.69, 9.17) is 18.5 Å². The van der Waals surface area contributed by atoms with Crippen LogP contribution in [0.15, 0.2) is 52.2 Å². The number of alkyl halides is 1. The average molecular weight is 576 g/mol. The molecule has 0 aliphatic rings. The molecule has 15 heteroatoms. The number of H-pyrrole nitrogens is 1. The molecule has 2 aromatic rings. The largest absolute Gasteiger partial charge is 0.464 e. The lowest BCUT2D eigenvalue weighted by atomic mass is 9.99. The number of aromatic nitrogens is 2. The summed E-state index contributed by atoms with van der Waals surface area (Å²) in [5.74, 6) is -3.88. The molecule has 1 aromatic heterocycles. The van der Waals surface area contributed by atoms with Crippen molar-refractivity contribution in [2.24, 2.45) is 5.41 Å². The molecule has 0 aliphatic heterocycles. The van der Waals surface area contributed by atoms with Gasteiger partial charge in [-0.15, -0.1) is 0 Å².